The zero-order valence-corrected chi connectivity index (χ0v) is 18.5. The maximum Gasteiger partial charge on any atom is 0.261 e. The molecule has 0 spiro atoms. The van der Waals surface area contributed by atoms with Crippen molar-refractivity contribution in [3.63, 3.8) is 0 Å². The molecule has 2 aromatic rings. The van der Waals surface area contributed by atoms with Gasteiger partial charge in [-0.2, -0.15) is 0 Å². The maximum absolute atomic E-state index is 13.3. The molecule has 0 fully saturated rings. The van der Waals surface area contributed by atoms with E-state index in [0.717, 1.165) is 12.1 Å². The number of sulfonamides is 1. The number of nitrogens with one attached hydrogen (secondary N) is 2. The van der Waals surface area contributed by atoms with Gasteiger partial charge in [-0.25, -0.2) is 17.2 Å². The number of likely N-dealkylation sites (N-methyl/N-ethyl adjacent to an activating group) is 1. The van der Waals surface area contributed by atoms with E-state index in [1.807, 2.05) is 13.8 Å². The van der Waals surface area contributed by atoms with Gasteiger partial charge < -0.3 is 10.2 Å². The molecule has 31 heavy (non-hydrogen) atoms. The summed E-state index contributed by atoms with van der Waals surface area (Å²) in [6.07, 6.45) is 0.467. The Bertz CT molecular complexity index is 1050. The molecule has 2 rings (SSSR count). The summed E-state index contributed by atoms with van der Waals surface area (Å²) < 4.78 is 53.3. The SMILES string of the molecule is CC(C)CC(NC(=O)c1ccc(NS(=O)(=O)c2ccc(F)c(F)c2)cc1)C(=O)N(C)C. The Morgan fingerprint density at radius 1 is 1.00 bits per heavy atom. The monoisotopic (exact) mass is 453 g/mol. The lowest BCUT2D eigenvalue weighted by Crippen LogP contribution is -2.46. The highest BCUT2D eigenvalue weighted by atomic mass is 32.2. The zero-order chi connectivity index (χ0) is 23.3. The highest BCUT2D eigenvalue weighted by Gasteiger charge is 2.24. The number of carbonyl (C=O) groups is 2. The first-order valence-corrected chi connectivity index (χ1v) is 11.0. The lowest BCUT2D eigenvalue weighted by molar-refractivity contribution is -0.131. The van der Waals surface area contributed by atoms with E-state index in [1.54, 1.807) is 14.1 Å². The number of hydrogen-bond donors (Lipinski definition) is 2. The molecule has 2 N–H and O–H groups in total. The Morgan fingerprint density at radius 2 is 1.61 bits per heavy atom. The van der Waals surface area contributed by atoms with Gasteiger partial charge in [-0.05, 0) is 54.8 Å². The van der Waals surface area contributed by atoms with Gasteiger partial charge >= 0.3 is 0 Å². The summed E-state index contributed by atoms with van der Waals surface area (Å²) in [6.45, 7) is 3.88. The van der Waals surface area contributed by atoms with Gasteiger partial charge in [0.1, 0.15) is 6.04 Å². The van der Waals surface area contributed by atoms with Gasteiger partial charge in [0.15, 0.2) is 11.6 Å². The first kappa shape index (κ1) is 24.3. The van der Waals surface area contributed by atoms with Gasteiger partial charge in [0.25, 0.3) is 15.9 Å². The third-order valence-corrected chi connectivity index (χ3v) is 5.73. The fourth-order valence-electron chi connectivity index (χ4n) is 2.79. The molecule has 2 amide bonds. The van der Waals surface area contributed by atoms with Crippen LogP contribution in [0.15, 0.2) is 47.4 Å². The fraction of sp³-hybridized carbons (Fsp3) is 0.333. The number of benzene rings is 2. The molecule has 2 aromatic carbocycles. The molecule has 0 aliphatic heterocycles. The second-order valence-corrected chi connectivity index (χ2v) is 9.33. The van der Waals surface area contributed by atoms with Gasteiger partial charge in [-0.1, -0.05) is 13.8 Å². The predicted molar refractivity (Wildman–Crippen MR) is 113 cm³/mol. The fourth-order valence-corrected chi connectivity index (χ4v) is 3.86. The second-order valence-electron chi connectivity index (χ2n) is 7.65. The lowest BCUT2D eigenvalue weighted by atomic mass is 10.0. The molecule has 1 unspecified atom stereocenters. The van der Waals surface area contributed by atoms with Gasteiger partial charge in [0.05, 0.1) is 4.90 Å². The number of nitrogens with zero attached hydrogens (tertiary/aromatic N) is 1. The topological polar surface area (TPSA) is 95.6 Å². The van der Waals surface area contributed by atoms with Crippen molar-refractivity contribution in [2.24, 2.45) is 5.92 Å². The highest BCUT2D eigenvalue weighted by molar-refractivity contribution is 7.92. The Labute approximate surface area is 180 Å². The van der Waals surface area contributed by atoms with Crippen LogP contribution in [0.3, 0.4) is 0 Å². The Morgan fingerprint density at radius 3 is 2.13 bits per heavy atom. The number of anilines is 1. The molecular weight excluding hydrogens is 428 g/mol. The molecule has 0 aromatic heterocycles. The van der Waals surface area contributed by atoms with Crippen LogP contribution in [0.2, 0.25) is 0 Å². The first-order chi connectivity index (χ1) is 14.4. The van der Waals surface area contributed by atoms with Crippen LogP contribution in [0.1, 0.15) is 30.6 Å². The van der Waals surface area contributed by atoms with Crippen molar-refractivity contribution < 1.29 is 26.8 Å². The van der Waals surface area contributed by atoms with Crippen molar-refractivity contribution >= 4 is 27.5 Å². The molecule has 0 radical (unpaired) electrons. The molecule has 0 aliphatic rings. The third-order valence-electron chi connectivity index (χ3n) is 4.35. The maximum atomic E-state index is 13.3. The standard InChI is InChI=1S/C21H25F2N3O4S/c1-13(2)11-19(21(28)26(3)4)24-20(27)14-5-7-15(8-6-14)25-31(29,30)16-9-10-17(22)18(23)12-16/h5-10,12-13,19,25H,11H2,1-4H3,(H,24,27). The van der Waals surface area contributed by atoms with Crippen LogP contribution in [0.5, 0.6) is 0 Å². The number of carbonyl (C=O) groups excluding carboxylic acids is 2. The van der Waals surface area contributed by atoms with E-state index in [-0.39, 0.29) is 23.1 Å². The second kappa shape index (κ2) is 9.86. The van der Waals surface area contributed by atoms with E-state index in [9.17, 15) is 26.8 Å². The van der Waals surface area contributed by atoms with Crippen molar-refractivity contribution in [2.75, 3.05) is 18.8 Å². The number of hydrogen-bond acceptors (Lipinski definition) is 4. The van der Waals surface area contributed by atoms with Crippen LogP contribution in [0, 0.1) is 17.6 Å². The number of halogens is 2. The van der Waals surface area contributed by atoms with Gasteiger partial charge in [-0.15, -0.1) is 0 Å². The lowest BCUT2D eigenvalue weighted by Gasteiger charge is -2.23. The minimum absolute atomic E-state index is 0.129. The molecule has 0 saturated heterocycles. The Kier molecular flexibility index (Phi) is 7.72. The van der Waals surface area contributed by atoms with Crippen LogP contribution in [0.4, 0.5) is 14.5 Å². The minimum atomic E-state index is -4.15. The van der Waals surface area contributed by atoms with Crippen LogP contribution in [-0.2, 0) is 14.8 Å². The van der Waals surface area contributed by atoms with Crippen molar-refractivity contribution in [3.8, 4) is 0 Å². The van der Waals surface area contributed by atoms with E-state index in [1.165, 1.54) is 29.2 Å². The average molecular weight is 454 g/mol. The molecule has 0 heterocycles. The van der Waals surface area contributed by atoms with E-state index in [0.29, 0.717) is 12.5 Å². The van der Waals surface area contributed by atoms with Crippen LogP contribution >= 0.6 is 0 Å². The van der Waals surface area contributed by atoms with Crippen molar-refractivity contribution in [1.82, 2.24) is 10.2 Å². The molecule has 1 atom stereocenters. The molecule has 168 valence electrons. The van der Waals surface area contributed by atoms with Crippen molar-refractivity contribution in [3.05, 3.63) is 59.7 Å². The zero-order valence-electron chi connectivity index (χ0n) is 17.6. The summed E-state index contributed by atoms with van der Waals surface area (Å²) in [7, 11) is -0.933. The molecule has 7 nitrogen and oxygen atoms in total. The first-order valence-electron chi connectivity index (χ1n) is 9.50. The summed E-state index contributed by atoms with van der Waals surface area (Å²) in [5.74, 6) is -2.95. The van der Waals surface area contributed by atoms with Crippen LogP contribution in [0.25, 0.3) is 0 Å². The quantitative estimate of drug-likeness (QED) is 0.642. The van der Waals surface area contributed by atoms with E-state index < -0.39 is 38.5 Å². The van der Waals surface area contributed by atoms with Crippen LogP contribution < -0.4 is 10.0 Å². The summed E-state index contributed by atoms with van der Waals surface area (Å²) in [6, 6.07) is 7.06. The Balaban J connectivity index is 2.13. The normalized spacial score (nSPS) is 12.4. The van der Waals surface area contributed by atoms with Gasteiger partial charge in [-0.3, -0.25) is 14.3 Å². The van der Waals surface area contributed by atoms with Gasteiger partial charge in [0.2, 0.25) is 5.91 Å². The summed E-state index contributed by atoms with van der Waals surface area (Å²) in [4.78, 5) is 25.8. The minimum Gasteiger partial charge on any atom is -0.347 e. The number of amides is 2. The van der Waals surface area contributed by atoms with E-state index in [4.69, 9.17) is 0 Å². The molecule has 0 saturated carbocycles. The van der Waals surface area contributed by atoms with E-state index in [2.05, 4.69) is 10.0 Å². The smallest absolute Gasteiger partial charge is 0.261 e. The molecular formula is C21H25F2N3O4S. The molecule has 0 bridgehead atoms. The summed E-state index contributed by atoms with van der Waals surface area (Å²) in [5, 5.41) is 2.70. The van der Waals surface area contributed by atoms with Crippen LogP contribution in [-0.4, -0.2) is 45.3 Å². The predicted octanol–water partition coefficient (Wildman–Crippen LogP) is 3.00. The third kappa shape index (κ3) is 6.48. The number of rotatable bonds is 8. The average Bonchev–Trinajstić information content (AvgIpc) is 2.68. The summed E-state index contributed by atoms with van der Waals surface area (Å²) in [5.41, 5.74) is 0.362. The largest absolute Gasteiger partial charge is 0.347 e. The van der Waals surface area contributed by atoms with Gasteiger partial charge in [0, 0.05) is 25.3 Å². The Hall–Kier alpha value is -3.01. The molecule has 10 heteroatoms. The highest BCUT2D eigenvalue weighted by Crippen LogP contribution is 2.19. The van der Waals surface area contributed by atoms with E-state index >= 15 is 0 Å². The van der Waals surface area contributed by atoms with Crippen molar-refractivity contribution in [1.29, 1.82) is 0 Å². The molecule has 0 aliphatic carbocycles. The summed E-state index contributed by atoms with van der Waals surface area (Å²) >= 11 is 0. The van der Waals surface area contributed by atoms with Crippen molar-refractivity contribution in [2.45, 2.75) is 31.2 Å².